The summed E-state index contributed by atoms with van der Waals surface area (Å²) in [6, 6.07) is 0. The van der Waals surface area contributed by atoms with E-state index in [1.54, 1.807) is 0 Å². The number of carbonyl (C=O) groups is 1. The lowest BCUT2D eigenvalue weighted by Gasteiger charge is -1.99. The van der Waals surface area contributed by atoms with Crippen molar-refractivity contribution in [2.24, 2.45) is 0 Å². The Hall–Kier alpha value is -0.260. The fourth-order valence-corrected chi connectivity index (χ4v) is 0.531. The zero-order valence-corrected chi connectivity index (χ0v) is 4.81. The van der Waals surface area contributed by atoms with Crippen molar-refractivity contribution >= 4 is 16.9 Å². The Morgan fingerprint density at radius 2 is 2.25 bits per heavy atom. The maximum Gasteiger partial charge on any atom is 0.169 e. The minimum absolute atomic E-state index is 0.587. The number of rotatable bonds is 3. The van der Waals surface area contributed by atoms with Crippen LogP contribution in [0.2, 0.25) is 0 Å². The number of hydrogen-bond acceptors (Lipinski definition) is 4. The van der Waals surface area contributed by atoms with Gasteiger partial charge in [0.25, 0.3) is 0 Å². The van der Waals surface area contributed by atoms with Gasteiger partial charge in [-0.05, 0) is 11.1 Å². The van der Waals surface area contributed by atoms with Crippen LogP contribution in [-0.2, 0) is 15.9 Å². The van der Waals surface area contributed by atoms with Crippen LogP contribution in [-0.4, -0.2) is 32.0 Å². The largest absolute Gasteiger partial charge is 0.772 e. The summed E-state index contributed by atoms with van der Waals surface area (Å²) < 4.78 is 19.3. The second kappa shape index (κ2) is 3.71. The number of ketones is 1. The van der Waals surface area contributed by atoms with Crippen molar-refractivity contribution in [2.75, 3.05) is 12.4 Å². The topological polar surface area (TPSA) is 77.4 Å². The molecule has 0 aromatic rings. The fourth-order valence-electron chi connectivity index (χ4n) is 0.177. The molecule has 0 spiro atoms. The van der Waals surface area contributed by atoms with Crippen LogP contribution in [0, 0.1) is 0 Å². The SMILES string of the molecule is O=C(CO)CS(=O)[O-]. The Morgan fingerprint density at radius 3 is 2.38 bits per heavy atom. The number of hydrogen-bond donors (Lipinski definition) is 1. The Kier molecular flexibility index (Phi) is 3.59. The van der Waals surface area contributed by atoms with Crippen molar-refractivity contribution < 1.29 is 18.7 Å². The molecular weight excluding hydrogens is 132 g/mol. The van der Waals surface area contributed by atoms with Crippen LogP contribution >= 0.6 is 0 Å². The predicted molar refractivity (Wildman–Crippen MR) is 25.9 cm³/mol. The van der Waals surface area contributed by atoms with Gasteiger partial charge in [0, 0.05) is 0 Å². The fraction of sp³-hybridized carbons (Fsp3) is 0.667. The zero-order chi connectivity index (χ0) is 6.57. The second-order valence-electron chi connectivity index (χ2n) is 1.14. The molecule has 0 aliphatic carbocycles. The van der Waals surface area contributed by atoms with Gasteiger partial charge in [0.1, 0.15) is 6.61 Å². The summed E-state index contributed by atoms with van der Waals surface area (Å²) in [5, 5.41) is 7.96. The van der Waals surface area contributed by atoms with Crippen LogP contribution in [0.3, 0.4) is 0 Å². The van der Waals surface area contributed by atoms with Crippen molar-refractivity contribution in [3.8, 4) is 0 Å². The van der Waals surface area contributed by atoms with Crippen molar-refractivity contribution in [3.63, 3.8) is 0 Å². The van der Waals surface area contributed by atoms with Crippen LogP contribution in [0.5, 0.6) is 0 Å². The Bertz CT molecular complexity index is 110. The Balaban J connectivity index is 3.40. The molecule has 5 heteroatoms. The molecule has 8 heavy (non-hydrogen) atoms. The van der Waals surface area contributed by atoms with Gasteiger partial charge in [-0.15, -0.1) is 0 Å². The lowest BCUT2D eigenvalue weighted by Crippen LogP contribution is -2.13. The molecule has 4 nitrogen and oxygen atoms in total. The monoisotopic (exact) mass is 137 g/mol. The van der Waals surface area contributed by atoms with E-state index >= 15 is 0 Å². The summed E-state index contributed by atoms with van der Waals surface area (Å²) >= 11 is -2.36. The maximum absolute atomic E-state index is 9.98. The predicted octanol–water partition coefficient (Wildman–Crippen LogP) is -1.57. The van der Waals surface area contributed by atoms with Gasteiger partial charge in [0.05, 0.1) is 5.75 Å². The minimum atomic E-state index is -2.36. The van der Waals surface area contributed by atoms with Crippen LogP contribution < -0.4 is 0 Å². The number of aliphatic hydroxyl groups is 1. The van der Waals surface area contributed by atoms with Crippen LogP contribution in [0.25, 0.3) is 0 Å². The molecule has 1 atom stereocenters. The Labute approximate surface area is 48.8 Å². The number of carbonyl (C=O) groups excluding carboxylic acids is 1. The van der Waals surface area contributed by atoms with E-state index in [0.717, 1.165) is 0 Å². The van der Waals surface area contributed by atoms with Gasteiger partial charge >= 0.3 is 0 Å². The molecular formula is C3H5O4S-. The van der Waals surface area contributed by atoms with Gasteiger partial charge < -0.3 is 9.66 Å². The smallest absolute Gasteiger partial charge is 0.169 e. The third kappa shape index (κ3) is 3.91. The van der Waals surface area contributed by atoms with E-state index in [1.165, 1.54) is 0 Å². The lowest BCUT2D eigenvalue weighted by molar-refractivity contribution is -0.119. The highest BCUT2D eigenvalue weighted by Gasteiger charge is 1.95. The molecule has 0 amide bonds. The third-order valence-corrected chi connectivity index (χ3v) is 1.01. The summed E-state index contributed by atoms with van der Waals surface area (Å²) in [6.45, 7) is -0.700. The molecule has 0 aliphatic rings. The van der Waals surface area contributed by atoms with Crippen molar-refractivity contribution in [2.45, 2.75) is 0 Å². The van der Waals surface area contributed by atoms with Gasteiger partial charge in [-0.2, -0.15) is 0 Å². The highest BCUT2D eigenvalue weighted by atomic mass is 32.2. The molecule has 48 valence electrons. The van der Waals surface area contributed by atoms with Crippen LogP contribution in [0.1, 0.15) is 0 Å². The quantitative estimate of drug-likeness (QED) is 0.476. The van der Waals surface area contributed by atoms with Crippen LogP contribution in [0.15, 0.2) is 0 Å². The zero-order valence-electron chi connectivity index (χ0n) is 3.99. The van der Waals surface area contributed by atoms with Gasteiger partial charge in [0.2, 0.25) is 0 Å². The molecule has 0 aromatic heterocycles. The first kappa shape index (κ1) is 7.74. The van der Waals surface area contributed by atoms with E-state index in [4.69, 9.17) is 5.11 Å². The normalized spacial score (nSPS) is 13.2. The summed E-state index contributed by atoms with van der Waals surface area (Å²) in [5.41, 5.74) is 0. The average molecular weight is 137 g/mol. The summed E-state index contributed by atoms with van der Waals surface area (Å²) in [4.78, 5) is 9.98. The molecule has 0 saturated carbocycles. The Morgan fingerprint density at radius 1 is 1.75 bits per heavy atom. The molecule has 0 aliphatic heterocycles. The number of aliphatic hydroxyl groups excluding tert-OH is 1. The number of Topliss-reactive ketones (excluding diaryl/α,β-unsaturated/α-hetero) is 1. The molecule has 0 bridgehead atoms. The second-order valence-corrected chi connectivity index (χ2v) is 2.04. The van der Waals surface area contributed by atoms with E-state index in [2.05, 4.69) is 0 Å². The van der Waals surface area contributed by atoms with Gasteiger partial charge in [-0.25, -0.2) is 0 Å². The molecule has 0 heterocycles. The average Bonchev–Trinajstić information content (AvgIpc) is 1.65. The maximum atomic E-state index is 9.98. The highest BCUT2D eigenvalue weighted by Crippen LogP contribution is 1.74. The molecule has 0 fully saturated rings. The van der Waals surface area contributed by atoms with Crippen molar-refractivity contribution in [1.29, 1.82) is 0 Å². The first-order valence-corrected chi connectivity index (χ1v) is 3.09. The van der Waals surface area contributed by atoms with Crippen molar-refractivity contribution in [3.05, 3.63) is 0 Å². The molecule has 1 unspecified atom stereocenters. The molecule has 0 rings (SSSR count). The molecule has 0 aromatic carbocycles. The summed E-state index contributed by atoms with van der Waals surface area (Å²) in [6.07, 6.45) is 0. The van der Waals surface area contributed by atoms with Gasteiger partial charge in [0.15, 0.2) is 5.78 Å². The van der Waals surface area contributed by atoms with Crippen molar-refractivity contribution in [1.82, 2.24) is 0 Å². The first-order valence-electron chi connectivity index (χ1n) is 1.85. The third-order valence-electron chi connectivity index (χ3n) is 0.455. The highest BCUT2D eigenvalue weighted by molar-refractivity contribution is 7.79. The summed E-state index contributed by atoms with van der Waals surface area (Å²) in [5.74, 6) is -1.27. The van der Waals surface area contributed by atoms with Crippen LogP contribution in [0.4, 0.5) is 0 Å². The van der Waals surface area contributed by atoms with E-state index < -0.39 is 29.2 Å². The molecule has 0 radical (unpaired) electrons. The standard InChI is InChI=1S/C3H6O4S/c4-1-3(5)2-8(6)7/h4H,1-2H2,(H,6,7)/p-1. The summed E-state index contributed by atoms with van der Waals surface area (Å²) in [7, 11) is 0. The van der Waals surface area contributed by atoms with E-state index in [-0.39, 0.29) is 0 Å². The van der Waals surface area contributed by atoms with E-state index in [1.807, 2.05) is 0 Å². The van der Waals surface area contributed by atoms with E-state index in [0.29, 0.717) is 0 Å². The first-order chi connectivity index (χ1) is 3.66. The lowest BCUT2D eigenvalue weighted by atomic mass is 10.5. The molecule has 1 N–H and O–H groups in total. The molecule has 0 saturated heterocycles. The van der Waals surface area contributed by atoms with E-state index in [9.17, 15) is 13.6 Å². The van der Waals surface area contributed by atoms with Gasteiger partial charge in [-0.1, -0.05) is 0 Å². The minimum Gasteiger partial charge on any atom is -0.772 e. The van der Waals surface area contributed by atoms with Gasteiger partial charge in [-0.3, -0.25) is 9.00 Å².